The number of para-hydroxylation sites is 1. The van der Waals surface area contributed by atoms with Gasteiger partial charge in [-0.1, -0.05) is 181 Å². The Bertz CT molecular complexity index is 3490. The van der Waals surface area contributed by atoms with Gasteiger partial charge in [0.05, 0.1) is 11.1 Å². The first-order valence-corrected chi connectivity index (χ1v) is 23.1. The van der Waals surface area contributed by atoms with Gasteiger partial charge in [-0.2, -0.15) is 0 Å². The van der Waals surface area contributed by atoms with Crippen LogP contribution in [0.3, 0.4) is 0 Å². The van der Waals surface area contributed by atoms with Gasteiger partial charge in [0.25, 0.3) is 6.71 Å². The Morgan fingerprint density at radius 2 is 0.953 bits per heavy atom. The molecular formula is C60H39BN2S. The summed E-state index contributed by atoms with van der Waals surface area (Å²) in [7, 11) is 0. The minimum atomic E-state index is -0.437. The van der Waals surface area contributed by atoms with Crippen LogP contribution in [-0.2, 0) is 5.41 Å². The summed E-state index contributed by atoms with van der Waals surface area (Å²) < 4.78 is 1.40. The van der Waals surface area contributed by atoms with Crippen LogP contribution in [0.1, 0.15) is 27.1 Å². The molecule has 0 bridgehead atoms. The van der Waals surface area contributed by atoms with Gasteiger partial charge in [-0.15, -0.1) is 11.3 Å². The molecule has 2 aliphatic heterocycles. The van der Waals surface area contributed by atoms with Crippen LogP contribution in [0.5, 0.6) is 0 Å². The summed E-state index contributed by atoms with van der Waals surface area (Å²) in [5, 5.41) is 0. The molecule has 14 rings (SSSR count). The van der Waals surface area contributed by atoms with Crippen molar-refractivity contribution in [1.29, 1.82) is 0 Å². The van der Waals surface area contributed by atoms with E-state index >= 15 is 0 Å². The molecule has 4 aliphatic rings. The topological polar surface area (TPSA) is 6.48 Å². The van der Waals surface area contributed by atoms with E-state index in [-0.39, 0.29) is 6.71 Å². The molecule has 0 radical (unpaired) electrons. The zero-order chi connectivity index (χ0) is 42.1. The maximum Gasteiger partial charge on any atom is 0.264 e. The SMILES string of the molecule is Cc1ccc(N2c3cccc4c3B(c3ccc(-c5ccccc5-c5ccccc5)cc3N4c3ccccc3)c3sc4c(c32)-c2ccccc2C42c3ccccc3-c3ccccc32)cc1. The van der Waals surface area contributed by atoms with Gasteiger partial charge in [0.1, 0.15) is 0 Å². The first-order chi connectivity index (χ1) is 31.7. The van der Waals surface area contributed by atoms with Crippen LogP contribution < -0.4 is 25.5 Å². The zero-order valence-electron chi connectivity index (χ0n) is 35.2. The highest BCUT2D eigenvalue weighted by Crippen LogP contribution is 2.66. The molecule has 0 fully saturated rings. The molecule has 1 aromatic heterocycles. The molecule has 2 aliphatic carbocycles. The van der Waals surface area contributed by atoms with Crippen LogP contribution in [0.15, 0.2) is 218 Å². The lowest BCUT2D eigenvalue weighted by atomic mass is 9.36. The first-order valence-electron chi connectivity index (χ1n) is 22.3. The van der Waals surface area contributed by atoms with Gasteiger partial charge in [0.2, 0.25) is 0 Å². The van der Waals surface area contributed by atoms with Crippen LogP contribution in [0.4, 0.5) is 34.1 Å². The highest BCUT2D eigenvalue weighted by molar-refractivity contribution is 7.30. The normalized spacial score (nSPS) is 14.0. The van der Waals surface area contributed by atoms with E-state index < -0.39 is 5.41 Å². The van der Waals surface area contributed by atoms with Crippen molar-refractivity contribution in [3.05, 3.63) is 246 Å². The average molecular weight is 831 g/mol. The molecule has 9 aromatic carbocycles. The molecular weight excluding hydrogens is 792 g/mol. The number of hydrogen-bond donors (Lipinski definition) is 0. The summed E-state index contributed by atoms with van der Waals surface area (Å²) >= 11 is 2.05. The van der Waals surface area contributed by atoms with Crippen LogP contribution in [0.25, 0.3) is 44.5 Å². The van der Waals surface area contributed by atoms with Crippen molar-refractivity contribution in [2.75, 3.05) is 9.80 Å². The van der Waals surface area contributed by atoms with Gasteiger partial charge >= 0.3 is 0 Å². The highest BCUT2D eigenvalue weighted by Gasteiger charge is 2.56. The summed E-state index contributed by atoms with van der Waals surface area (Å²) in [6, 6.07) is 81.7. The lowest BCUT2D eigenvalue weighted by molar-refractivity contribution is 0.811. The number of fused-ring (bicyclic) bond motifs is 15. The van der Waals surface area contributed by atoms with E-state index in [1.807, 2.05) is 11.3 Å². The zero-order valence-corrected chi connectivity index (χ0v) is 36.0. The van der Waals surface area contributed by atoms with E-state index in [0.29, 0.717) is 0 Å². The van der Waals surface area contributed by atoms with Crippen molar-refractivity contribution in [3.63, 3.8) is 0 Å². The smallest absolute Gasteiger partial charge is 0.264 e. The van der Waals surface area contributed by atoms with Gasteiger partial charge in [-0.25, -0.2) is 0 Å². The molecule has 64 heavy (non-hydrogen) atoms. The number of rotatable bonds is 4. The minimum Gasteiger partial charge on any atom is -0.311 e. The van der Waals surface area contributed by atoms with Gasteiger partial charge in [-0.05, 0) is 116 Å². The van der Waals surface area contributed by atoms with Gasteiger partial charge in [-0.3, -0.25) is 0 Å². The summed E-state index contributed by atoms with van der Waals surface area (Å²) in [4.78, 5) is 6.56. The largest absolute Gasteiger partial charge is 0.311 e. The monoisotopic (exact) mass is 830 g/mol. The third kappa shape index (κ3) is 4.70. The Hall–Kier alpha value is -7.66. The molecule has 10 aromatic rings. The molecule has 0 amide bonds. The van der Waals surface area contributed by atoms with Gasteiger partial charge in [0.15, 0.2) is 0 Å². The van der Waals surface area contributed by atoms with Gasteiger partial charge < -0.3 is 9.80 Å². The van der Waals surface area contributed by atoms with E-state index in [1.54, 1.807) is 0 Å². The number of aryl methyl sites for hydroxylation is 1. The molecule has 0 saturated carbocycles. The maximum absolute atomic E-state index is 2.61. The predicted octanol–water partition coefficient (Wildman–Crippen LogP) is 13.8. The molecule has 2 nitrogen and oxygen atoms in total. The fourth-order valence-electron chi connectivity index (χ4n) is 11.8. The lowest BCUT2D eigenvalue weighted by Crippen LogP contribution is -2.60. The quantitative estimate of drug-likeness (QED) is 0.163. The van der Waals surface area contributed by atoms with Crippen molar-refractivity contribution in [2.45, 2.75) is 12.3 Å². The van der Waals surface area contributed by atoms with Gasteiger partial charge in [0, 0.05) is 43.7 Å². The van der Waals surface area contributed by atoms with Crippen molar-refractivity contribution < 1.29 is 0 Å². The third-order valence-corrected chi connectivity index (χ3v) is 15.7. The lowest BCUT2D eigenvalue weighted by Gasteiger charge is -2.43. The summed E-state index contributed by atoms with van der Waals surface area (Å²) in [6.45, 7) is 2.19. The second-order valence-electron chi connectivity index (χ2n) is 17.6. The van der Waals surface area contributed by atoms with Crippen molar-refractivity contribution in [2.24, 2.45) is 0 Å². The van der Waals surface area contributed by atoms with Crippen LogP contribution in [0, 0.1) is 6.92 Å². The Labute approximate surface area is 378 Å². The Balaban J connectivity index is 1.09. The fourth-order valence-corrected chi connectivity index (χ4v) is 13.4. The fraction of sp³-hybridized carbons (Fsp3) is 0.0333. The Morgan fingerprint density at radius 1 is 0.422 bits per heavy atom. The molecule has 0 saturated heterocycles. The van der Waals surface area contributed by atoms with Crippen LogP contribution >= 0.6 is 11.3 Å². The van der Waals surface area contributed by atoms with E-state index in [4.69, 9.17) is 0 Å². The number of hydrogen-bond acceptors (Lipinski definition) is 3. The summed E-state index contributed by atoms with van der Waals surface area (Å²) in [5.41, 5.74) is 25.2. The van der Waals surface area contributed by atoms with E-state index in [9.17, 15) is 0 Å². The van der Waals surface area contributed by atoms with E-state index in [1.165, 1.54) is 116 Å². The maximum atomic E-state index is 2.61. The molecule has 0 N–H and O–H groups in total. The Kier molecular flexibility index (Phi) is 7.53. The second kappa shape index (κ2) is 13.4. The third-order valence-electron chi connectivity index (χ3n) is 14.3. The van der Waals surface area contributed by atoms with Crippen molar-refractivity contribution in [1.82, 2.24) is 0 Å². The number of nitrogens with zero attached hydrogens (tertiary/aromatic N) is 2. The number of benzene rings is 9. The molecule has 0 atom stereocenters. The number of anilines is 6. The molecule has 4 heteroatoms. The van der Waals surface area contributed by atoms with Crippen molar-refractivity contribution in [3.8, 4) is 44.5 Å². The second-order valence-corrected chi connectivity index (χ2v) is 18.6. The molecule has 298 valence electrons. The first kappa shape index (κ1) is 35.9. The standard InChI is InChI=1S/C60H39BN2S/c1-38-31-34-42(35-32-38)63-53-30-16-29-52-56(53)61(51-36-33-40(37-54(51)62(52)41-19-6-3-7-20-41)44-22-9-8-21-43(44)39-17-4-2-5-18-39)59-57(63)55-47-25-12-15-28-50(47)60(58(55)64-59)48-26-13-10-23-45(48)46-24-11-14-27-49(46)60/h2-37H,1H3. The summed E-state index contributed by atoms with van der Waals surface area (Å²) in [6.07, 6.45) is 0. The van der Waals surface area contributed by atoms with E-state index in [2.05, 4.69) is 235 Å². The highest BCUT2D eigenvalue weighted by atomic mass is 32.1. The molecule has 3 heterocycles. The summed E-state index contributed by atoms with van der Waals surface area (Å²) in [5.74, 6) is 0. The van der Waals surface area contributed by atoms with Crippen molar-refractivity contribution >= 4 is 67.9 Å². The van der Waals surface area contributed by atoms with Crippen LogP contribution in [0.2, 0.25) is 0 Å². The predicted molar refractivity (Wildman–Crippen MR) is 270 cm³/mol. The molecule has 1 spiro atoms. The van der Waals surface area contributed by atoms with Crippen LogP contribution in [-0.4, -0.2) is 6.71 Å². The molecule has 0 unspecified atom stereocenters. The minimum absolute atomic E-state index is 0.00276. The number of thiophene rings is 1. The Morgan fingerprint density at radius 3 is 1.62 bits per heavy atom. The van der Waals surface area contributed by atoms with E-state index in [0.717, 1.165) is 5.69 Å². The average Bonchev–Trinajstić information content (AvgIpc) is 3.99.